The molecular weight excluding hydrogens is 215 g/mol. The number of halogens is 1. The second kappa shape index (κ2) is 6.15. The zero-order chi connectivity index (χ0) is 12.1. The Bertz CT molecular complexity index is 345. The Morgan fingerprint density at radius 3 is 2.65 bits per heavy atom. The van der Waals surface area contributed by atoms with Gasteiger partial charge in [0.15, 0.2) is 0 Å². The van der Waals surface area contributed by atoms with E-state index in [0.29, 0.717) is 5.92 Å². The lowest BCUT2D eigenvalue weighted by Crippen LogP contribution is -2.18. The van der Waals surface area contributed by atoms with Gasteiger partial charge in [0, 0.05) is 5.92 Å². The predicted molar refractivity (Wildman–Crippen MR) is 67.7 cm³/mol. The second-order valence-corrected chi connectivity index (χ2v) is 5.06. The Morgan fingerprint density at radius 1 is 1.24 bits per heavy atom. The normalized spacial score (nSPS) is 19.2. The largest absolute Gasteiger partial charge is 0.392 e. The molecule has 0 heterocycles. The topological polar surface area (TPSA) is 20.2 Å². The molecule has 0 aliphatic heterocycles. The van der Waals surface area contributed by atoms with Crippen molar-refractivity contribution in [2.24, 2.45) is 5.92 Å². The number of alkyl halides is 1. The fourth-order valence-electron chi connectivity index (χ4n) is 2.95. The van der Waals surface area contributed by atoms with Crippen molar-refractivity contribution in [3.63, 3.8) is 0 Å². The fraction of sp³-hybridized carbons (Fsp3) is 0.600. The molecule has 1 aromatic rings. The zero-order valence-corrected chi connectivity index (χ0v) is 10.2. The number of hydrogen-bond donors (Lipinski definition) is 1. The molecule has 1 fully saturated rings. The van der Waals surface area contributed by atoms with Crippen molar-refractivity contribution in [3.05, 3.63) is 35.4 Å². The highest BCUT2D eigenvalue weighted by molar-refractivity contribution is 5.26. The van der Waals surface area contributed by atoms with E-state index in [9.17, 15) is 4.39 Å². The van der Waals surface area contributed by atoms with Crippen LogP contribution >= 0.6 is 0 Å². The summed E-state index contributed by atoms with van der Waals surface area (Å²) in [7, 11) is 0. The lowest BCUT2D eigenvalue weighted by atomic mass is 9.77. The lowest BCUT2D eigenvalue weighted by molar-refractivity contribution is 0.262. The van der Waals surface area contributed by atoms with Gasteiger partial charge in [0.05, 0.1) is 13.3 Å². The van der Waals surface area contributed by atoms with Gasteiger partial charge in [-0.05, 0) is 29.9 Å². The molecule has 1 aliphatic carbocycles. The zero-order valence-electron chi connectivity index (χ0n) is 10.2. The summed E-state index contributed by atoms with van der Waals surface area (Å²) in [6.45, 7) is -0.239. The average molecular weight is 236 g/mol. The summed E-state index contributed by atoms with van der Waals surface area (Å²) in [5, 5.41) is 9.13. The van der Waals surface area contributed by atoms with E-state index in [1.54, 1.807) is 0 Å². The smallest absolute Gasteiger partial charge is 0.0965 e. The first kappa shape index (κ1) is 12.6. The molecule has 94 valence electrons. The van der Waals surface area contributed by atoms with Crippen molar-refractivity contribution in [2.75, 3.05) is 6.67 Å². The third kappa shape index (κ3) is 3.06. The van der Waals surface area contributed by atoms with Crippen molar-refractivity contribution < 1.29 is 9.50 Å². The Morgan fingerprint density at radius 2 is 2.00 bits per heavy atom. The van der Waals surface area contributed by atoms with Crippen LogP contribution in [0.4, 0.5) is 4.39 Å². The van der Waals surface area contributed by atoms with E-state index in [0.717, 1.165) is 24.0 Å². The summed E-state index contributed by atoms with van der Waals surface area (Å²) in [6.07, 6.45) is 6.07. The molecule has 0 bridgehead atoms. The van der Waals surface area contributed by atoms with Crippen LogP contribution in [-0.2, 0) is 6.61 Å². The minimum atomic E-state index is -0.278. The van der Waals surface area contributed by atoms with Gasteiger partial charge in [-0.2, -0.15) is 0 Å². The molecule has 1 unspecified atom stereocenters. The summed E-state index contributed by atoms with van der Waals surface area (Å²) in [5.41, 5.74) is 1.95. The molecule has 2 rings (SSSR count). The minimum Gasteiger partial charge on any atom is -0.392 e. The van der Waals surface area contributed by atoms with Gasteiger partial charge in [0.2, 0.25) is 0 Å². The van der Waals surface area contributed by atoms with Crippen LogP contribution in [0.2, 0.25) is 0 Å². The Kier molecular flexibility index (Phi) is 4.55. The molecule has 2 heteroatoms. The molecule has 1 aromatic carbocycles. The van der Waals surface area contributed by atoms with Crippen LogP contribution in [0.5, 0.6) is 0 Å². The summed E-state index contributed by atoms with van der Waals surface area (Å²) < 4.78 is 13.3. The maximum Gasteiger partial charge on any atom is 0.0965 e. The molecule has 0 amide bonds. The summed E-state index contributed by atoms with van der Waals surface area (Å²) in [6, 6.07) is 7.77. The summed E-state index contributed by atoms with van der Waals surface area (Å²) in [4.78, 5) is 0. The highest BCUT2D eigenvalue weighted by Gasteiger charge is 2.25. The molecule has 1 saturated carbocycles. The molecule has 0 radical (unpaired) electrons. The van der Waals surface area contributed by atoms with E-state index in [4.69, 9.17) is 5.11 Å². The lowest BCUT2D eigenvalue weighted by Gasteiger charge is -2.29. The van der Waals surface area contributed by atoms with Crippen molar-refractivity contribution in [1.29, 1.82) is 0 Å². The van der Waals surface area contributed by atoms with E-state index in [-0.39, 0.29) is 19.2 Å². The van der Waals surface area contributed by atoms with Gasteiger partial charge >= 0.3 is 0 Å². The van der Waals surface area contributed by atoms with E-state index in [1.807, 2.05) is 24.3 Å². The Balaban J connectivity index is 2.15. The predicted octanol–water partition coefficient (Wildman–Crippen LogP) is 3.81. The molecule has 1 N–H and O–H groups in total. The van der Waals surface area contributed by atoms with E-state index >= 15 is 0 Å². The number of rotatable bonds is 4. The van der Waals surface area contributed by atoms with Crippen LogP contribution in [0.1, 0.15) is 49.1 Å². The Labute approximate surface area is 103 Å². The highest BCUT2D eigenvalue weighted by atomic mass is 19.1. The third-order valence-corrected chi connectivity index (χ3v) is 3.95. The van der Waals surface area contributed by atoms with E-state index in [2.05, 4.69) is 0 Å². The van der Waals surface area contributed by atoms with Crippen LogP contribution in [0.15, 0.2) is 24.3 Å². The van der Waals surface area contributed by atoms with Crippen molar-refractivity contribution in [2.45, 2.75) is 44.6 Å². The minimum absolute atomic E-state index is 0.0294. The maximum absolute atomic E-state index is 13.3. The van der Waals surface area contributed by atoms with Crippen LogP contribution < -0.4 is 0 Å². The van der Waals surface area contributed by atoms with Crippen molar-refractivity contribution >= 4 is 0 Å². The van der Waals surface area contributed by atoms with Crippen LogP contribution in [0, 0.1) is 5.92 Å². The van der Waals surface area contributed by atoms with Gasteiger partial charge < -0.3 is 5.11 Å². The number of hydrogen-bond acceptors (Lipinski definition) is 1. The SMILES string of the molecule is OCc1cccc(C(CF)C2CCCCC2)c1. The van der Waals surface area contributed by atoms with Gasteiger partial charge in [-0.25, -0.2) is 0 Å². The quantitative estimate of drug-likeness (QED) is 0.842. The molecule has 1 nitrogen and oxygen atoms in total. The van der Waals surface area contributed by atoms with Crippen molar-refractivity contribution in [3.8, 4) is 0 Å². The Hall–Kier alpha value is -0.890. The second-order valence-electron chi connectivity index (χ2n) is 5.06. The third-order valence-electron chi connectivity index (χ3n) is 3.95. The summed E-state index contributed by atoms with van der Waals surface area (Å²) in [5.74, 6) is 0.518. The molecule has 0 saturated heterocycles. The van der Waals surface area contributed by atoms with Crippen LogP contribution in [0.25, 0.3) is 0 Å². The first-order chi connectivity index (χ1) is 8.35. The molecule has 1 aliphatic rings. The number of aliphatic hydroxyl groups excluding tert-OH is 1. The van der Waals surface area contributed by atoms with Gasteiger partial charge in [0.25, 0.3) is 0 Å². The molecule has 1 atom stereocenters. The molecular formula is C15H21FO. The first-order valence-corrected chi connectivity index (χ1v) is 6.61. The van der Waals surface area contributed by atoms with Gasteiger partial charge in [0.1, 0.15) is 0 Å². The van der Waals surface area contributed by atoms with Gasteiger partial charge in [-0.1, -0.05) is 43.5 Å². The van der Waals surface area contributed by atoms with Crippen LogP contribution in [-0.4, -0.2) is 11.8 Å². The number of aliphatic hydroxyl groups is 1. The molecule has 0 aromatic heterocycles. The standard InChI is InChI=1S/C15H21FO/c16-10-15(13-6-2-1-3-7-13)14-8-4-5-12(9-14)11-17/h4-5,8-9,13,15,17H,1-3,6-7,10-11H2. The highest BCUT2D eigenvalue weighted by Crippen LogP contribution is 2.36. The number of benzene rings is 1. The van der Waals surface area contributed by atoms with Crippen molar-refractivity contribution in [1.82, 2.24) is 0 Å². The van der Waals surface area contributed by atoms with E-state index in [1.165, 1.54) is 19.3 Å². The van der Waals surface area contributed by atoms with Gasteiger partial charge in [-0.15, -0.1) is 0 Å². The summed E-state index contributed by atoms with van der Waals surface area (Å²) >= 11 is 0. The van der Waals surface area contributed by atoms with Gasteiger partial charge in [-0.3, -0.25) is 4.39 Å². The molecule has 0 spiro atoms. The molecule has 17 heavy (non-hydrogen) atoms. The fourth-order valence-corrected chi connectivity index (χ4v) is 2.95. The maximum atomic E-state index is 13.3. The van der Waals surface area contributed by atoms with E-state index < -0.39 is 0 Å². The van der Waals surface area contributed by atoms with Crippen LogP contribution in [0.3, 0.4) is 0 Å². The monoisotopic (exact) mass is 236 g/mol. The first-order valence-electron chi connectivity index (χ1n) is 6.61. The average Bonchev–Trinajstić information content (AvgIpc) is 2.41.